The van der Waals surface area contributed by atoms with Crippen LogP contribution in [0.3, 0.4) is 0 Å². The second kappa shape index (κ2) is 6.36. The van der Waals surface area contributed by atoms with Gasteiger partial charge in [-0.25, -0.2) is 0 Å². The van der Waals surface area contributed by atoms with Crippen molar-refractivity contribution in [3.8, 4) is 0 Å². The first-order chi connectivity index (χ1) is 6.74. The Bertz CT molecular complexity index is 293. The molecule has 0 atom stereocenters. The van der Waals surface area contributed by atoms with E-state index in [0.29, 0.717) is 12.2 Å². The molecule has 1 rings (SSSR count). The Hall–Kier alpha value is -0.150. The molecule has 0 aliphatic carbocycles. The summed E-state index contributed by atoms with van der Waals surface area (Å²) in [7, 11) is 0. The summed E-state index contributed by atoms with van der Waals surface area (Å²) in [5.41, 5.74) is 0. The number of hydrogen-bond donors (Lipinski definition) is 0. The molecule has 78 valence electrons. The first kappa shape index (κ1) is 11.9. The van der Waals surface area contributed by atoms with Crippen LogP contribution in [0.1, 0.15) is 40.2 Å². The van der Waals surface area contributed by atoms with Crippen LogP contribution in [-0.4, -0.2) is 11.1 Å². The van der Waals surface area contributed by atoms with E-state index in [2.05, 4.69) is 15.9 Å². The summed E-state index contributed by atoms with van der Waals surface area (Å²) in [4.78, 5) is 13.8. The summed E-state index contributed by atoms with van der Waals surface area (Å²) in [5, 5.41) is 1.04. The zero-order valence-electron chi connectivity index (χ0n) is 8.38. The van der Waals surface area contributed by atoms with Crippen molar-refractivity contribution in [2.75, 3.05) is 5.33 Å². The Kier molecular flexibility index (Phi) is 5.41. The molecule has 0 aromatic carbocycles. The Morgan fingerprint density at radius 2 is 2.14 bits per heavy atom. The lowest BCUT2D eigenvalue weighted by molar-refractivity contribution is 0.0983. The van der Waals surface area contributed by atoms with Gasteiger partial charge in [0.15, 0.2) is 5.78 Å². The van der Waals surface area contributed by atoms with E-state index in [1.54, 1.807) is 11.3 Å². The largest absolute Gasteiger partial charge is 0.293 e. The molecule has 1 aromatic rings. The number of aryl methyl sites for hydroxylation is 1. The van der Waals surface area contributed by atoms with E-state index in [1.807, 2.05) is 19.1 Å². The molecule has 1 aromatic heterocycles. The molecule has 0 aliphatic heterocycles. The Morgan fingerprint density at radius 3 is 2.71 bits per heavy atom. The highest BCUT2D eigenvalue weighted by Gasteiger charge is 2.06. The number of Topliss-reactive ketones (excluding diaryl/α,β-unsaturated/α-hetero) is 1. The van der Waals surface area contributed by atoms with Crippen molar-refractivity contribution < 1.29 is 4.79 Å². The van der Waals surface area contributed by atoms with Crippen molar-refractivity contribution in [3.63, 3.8) is 0 Å². The van der Waals surface area contributed by atoms with Gasteiger partial charge < -0.3 is 0 Å². The molecule has 1 heterocycles. The van der Waals surface area contributed by atoms with Gasteiger partial charge in [-0.15, -0.1) is 11.3 Å². The topological polar surface area (TPSA) is 17.1 Å². The van der Waals surface area contributed by atoms with Gasteiger partial charge >= 0.3 is 0 Å². The van der Waals surface area contributed by atoms with Crippen LogP contribution in [0.2, 0.25) is 0 Å². The number of carbonyl (C=O) groups excluding carboxylic acids is 1. The van der Waals surface area contributed by atoms with Crippen molar-refractivity contribution in [2.24, 2.45) is 0 Å². The van der Waals surface area contributed by atoms with E-state index >= 15 is 0 Å². The summed E-state index contributed by atoms with van der Waals surface area (Å²) >= 11 is 4.98. The average Bonchev–Trinajstić information content (AvgIpc) is 2.59. The molecular formula is C11H15BrOS. The minimum atomic E-state index is 0.303. The van der Waals surface area contributed by atoms with Crippen LogP contribution in [-0.2, 0) is 0 Å². The molecule has 0 saturated carbocycles. The first-order valence-corrected chi connectivity index (χ1v) is 6.83. The van der Waals surface area contributed by atoms with E-state index in [1.165, 1.54) is 4.88 Å². The second-order valence-electron chi connectivity index (χ2n) is 3.33. The molecular weight excluding hydrogens is 260 g/mol. The number of rotatable bonds is 6. The number of ketones is 1. The molecule has 0 bridgehead atoms. The lowest BCUT2D eigenvalue weighted by Gasteiger charge is -1.97. The quantitative estimate of drug-likeness (QED) is 0.432. The van der Waals surface area contributed by atoms with Crippen molar-refractivity contribution in [1.29, 1.82) is 0 Å². The summed E-state index contributed by atoms with van der Waals surface area (Å²) in [6, 6.07) is 3.95. The monoisotopic (exact) mass is 274 g/mol. The molecule has 0 aliphatic rings. The average molecular weight is 275 g/mol. The highest BCUT2D eigenvalue weighted by Crippen LogP contribution is 2.18. The molecule has 0 N–H and O–H groups in total. The standard InChI is InChI=1S/C11H15BrOS/c1-9-6-7-11(14-9)10(13)5-3-2-4-8-12/h6-7H,2-5,8H2,1H3. The lowest BCUT2D eigenvalue weighted by atomic mass is 10.1. The third-order valence-electron chi connectivity index (χ3n) is 2.05. The van der Waals surface area contributed by atoms with Crippen LogP contribution in [0.15, 0.2) is 12.1 Å². The minimum absolute atomic E-state index is 0.303. The molecule has 1 nitrogen and oxygen atoms in total. The van der Waals surface area contributed by atoms with Crippen molar-refractivity contribution in [3.05, 3.63) is 21.9 Å². The first-order valence-electron chi connectivity index (χ1n) is 4.89. The van der Waals surface area contributed by atoms with Gasteiger partial charge in [0.2, 0.25) is 0 Å². The van der Waals surface area contributed by atoms with E-state index < -0.39 is 0 Å². The Balaban J connectivity index is 2.29. The zero-order valence-corrected chi connectivity index (χ0v) is 10.8. The summed E-state index contributed by atoms with van der Waals surface area (Å²) in [6.07, 6.45) is 4.02. The SMILES string of the molecule is Cc1ccc(C(=O)CCCCCBr)s1. The number of carbonyl (C=O) groups is 1. The number of thiophene rings is 1. The maximum absolute atomic E-state index is 11.6. The van der Waals surface area contributed by atoms with Gasteiger partial charge in [0.25, 0.3) is 0 Å². The molecule has 0 radical (unpaired) electrons. The van der Waals surface area contributed by atoms with Crippen LogP contribution in [0.5, 0.6) is 0 Å². The predicted molar refractivity (Wildman–Crippen MR) is 65.6 cm³/mol. The van der Waals surface area contributed by atoms with Crippen LogP contribution in [0.4, 0.5) is 0 Å². The fourth-order valence-electron chi connectivity index (χ4n) is 1.26. The van der Waals surface area contributed by atoms with Gasteiger partial charge in [-0.2, -0.15) is 0 Å². The Labute approximate surface area is 97.7 Å². The third-order valence-corrected chi connectivity index (χ3v) is 3.66. The van der Waals surface area contributed by atoms with Crippen LogP contribution in [0.25, 0.3) is 0 Å². The van der Waals surface area contributed by atoms with Crippen LogP contribution in [0, 0.1) is 6.92 Å². The smallest absolute Gasteiger partial charge is 0.172 e. The second-order valence-corrected chi connectivity index (χ2v) is 5.41. The van der Waals surface area contributed by atoms with Gasteiger partial charge in [-0.3, -0.25) is 4.79 Å². The van der Waals surface area contributed by atoms with Crippen molar-refractivity contribution in [1.82, 2.24) is 0 Å². The normalized spacial score (nSPS) is 10.4. The highest BCUT2D eigenvalue weighted by atomic mass is 79.9. The fraction of sp³-hybridized carbons (Fsp3) is 0.545. The molecule has 3 heteroatoms. The van der Waals surface area contributed by atoms with Crippen molar-refractivity contribution >= 4 is 33.0 Å². The minimum Gasteiger partial charge on any atom is -0.293 e. The van der Waals surface area contributed by atoms with Crippen molar-refractivity contribution in [2.45, 2.75) is 32.6 Å². The highest BCUT2D eigenvalue weighted by molar-refractivity contribution is 9.09. The van der Waals surface area contributed by atoms with E-state index in [9.17, 15) is 4.79 Å². The maximum Gasteiger partial charge on any atom is 0.172 e. The summed E-state index contributed by atoms with van der Waals surface area (Å²) in [5.74, 6) is 0.303. The molecule has 0 unspecified atom stereocenters. The lowest BCUT2D eigenvalue weighted by Crippen LogP contribution is -1.95. The number of unbranched alkanes of at least 4 members (excludes halogenated alkanes) is 2. The molecule has 0 saturated heterocycles. The van der Waals surface area contributed by atoms with Crippen LogP contribution >= 0.6 is 27.3 Å². The molecule has 0 amide bonds. The molecule has 0 spiro atoms. The summed E-state index contributed by atoms with van der Waals surface area (Å²) < 4.78 is 0. The van der Waals surface area contributed by atoms with E-state index in [0.717, 1.165) is 29.5 Å². The summed E-state index contributed by atoms with van der Waals surface area (Å²) in [6.45, 7) is 2.03. The maximum atomic E-state index is 11.6. The van der Waals surface area contributed by atoms with E-state index in [4.69, 9.17) is 0 Å². The van der Waals surface area contributed by atoms with E-state index in [-0.39, 0.29) is 0 Å². The number of alkyl halides is 1. The third kappa shape index (κ3) is 3.93. The fourth-order valence-corrected chi connectivity index (χ4v) is 2.50. The molecule has 0 fully saturated rings. The number of hydrogen-bond acceptors (Lipinski definition) is 2. The van der Waals surface area contributed by atoms with Gasteiger partial charge in [0.1, 0.15) is 0 Å². The van der Waals surface area contributed by atoms with Crippen LogP contribution < -0.4 is 0 Å². The molecule has 14 heavy (non-hydrogen) atoms. The van der Waals surface area contributed by atoms with Gasteiger partial charge in [0, 0.05) is 16.6 Å². The van der Waals surface area contributed by atoms with Gasteiger partial charge in [-0.1, -0.05) is 22.4 Å². The van der Waals surface area contributed by atoms with Gasteiger partial charge in [0.05, 0.1) is 4.88 Å². The predicted octanol–water partition coefficient (Wildman–Crippen LogP) is 4.19. The van der Waals surface area contributed by atoms with Gasteiger partial charge in [-0.05, 0) is 31.9 Å². The zero-order chi connectivity index (χ0) is 10.4. The number of halogens is 1. The Morgan fingerprint density at radius 1 is 1.36 bits per heavy atom.